The van der Waals surface area contributed by atoms with Crippen LogP contribution in [-0.4, -0.2) is 22.8 Å². The van der Waals surface area contributed by atoms with Crippen molar-refractivity contribution in [1.82, 2.24) is 0 Å². The molecule has 4 heteroatoms. The topological polar surface area (TPSA) is 81.3 Å². The van der Waals surface area contributed by atoms with Crippen LogP contribution in [0.15, 0.2) is 12.2 Å². The minimum absolute atomic E-state index is 0.398. The van der Waals surface area contributed by atoms with Crippen molar-refractivity contribution in [1.29, 1.82) is 5.26 Å². The summed E-state index contributed by atoms with van der Waals surface area (Å²) < 4.78 is 0. The average Bonchev–Trinajstić information content (AvgIpc) is 2.37. The van der Waals surface area contributed by atoms with Gasteiger partial charge in [0.2, 0.25) is 0 Å². The summed E-state index contributed by atoms with van der Waals surface area (Å²) in [6, 6.07) is 1.37. The molecule has 0 heterocycles. The molecule has 0 aliphatic heterocycles. The van der Waals surface area contributed by atoms with Gasteiger partial charge in [0.1, 0.15) is 11.6 Å². The maximum Gasteiger partial charge on any atom is 0.345 e. The second kappa shape index (κ2) is 5.34. The SMILES string of the molecule is C=C(C#N)C(=O)O.OCC12CC3CC(CC(C3)C1)C2. The van der Waals surface area contributed by atoms with E-state index in [1.807, 2.05) is 0 Å². The van der Waals surface area contributed by atoms with Gasteiger partial charge in [0.15, 0.2) is 0 Å². The van der Waals surface area contributed by atoms with Crippen molar-refractivity contribution in [3.8, 4) is 6.07 Å². The van der Waals surface area contributed by atoms with Crippen LogP contribution >= 0.6 is 0 Å². The Balaban J connectivity index is 0.000000167. The smallest absolute Gasteiger partial charge is 0.345 e. The monoisotopic (exact) mass is 263 g/mol. The van der Waals surface area contributed by atoms with Crippen molar-refractivity contribution in [2.75, 3.05) is 6.61 Å². The summed E-state index contributed by atoms with van der Waals surface area (Å²) in [6.45, 7) is 3.38. The second-order valence-corrected chi connectivity index (χ2v) is 6.47. The fourth-order valence-corrected chi connectivity index (χ4v) is 4.53. The summed E-state index contributed by atoms with van der Waals surface area (Å²) in [7, 11) is 0. The zero-order valence-corrected chi connectivity index (χ0v) is 11.1. The van der Waals surface area contributed by atoms with Gasteiger partial charge in [-0.05, 0) is 61.7 Å². The van der Waals surface area contributed by atoms with Crippen molar-refractivity contribution in [2.24, 2.45) is 23.2 Å². The third-order valence-corrected chi connectivity index (χ3v) is 4.89. The van der Waals surface area contributed by atoms with E-state index in [9.17, 15) is 9.90 Å². The van der Waals surface area contributed by atoms with E-state index in [0.717, 1.165) is 17.8 Å². The fraction of sp³-hybridized carbons (Fsp3) is 0.733. The Labute approximate surface area is 113 Å². The number of hydrogen-bond acceptors (Lipinski definition) is 3. The Bertz CT molecular complexity index is 386. The molecule has 4 aliphatic rings. The molecule has 0 aromatic rings. The van der Waals surface area contributed by atoms with Crippen LogP contribution in [0, 0.1) is 34.5 Å². The first-order valence-electron chi connectivity index (χ1n) is 6.91. The van der Waals surface area contributed by atoms with Crippen LogP contribution in [0.4, 0.5) is 0 Å². The number of nitriles is 1. The lowest BCUT2D eigenvalue weighted by molar-refractivity contribution is -0.132. The molecule has 0 unspecified atom stereocenters. The lowest BCUT2D eigenvalue weighted by atomic mass is 9.50. The highest BCUT2D eigenvalue weighted by atomic mass is 16.4. The zero-order valence-electron chi connectivity index (χ0n) is 11.1. The molecule has 104 valence electrons. The van der Waals surface area contributed by atoms with Crippen LogP contribution < -0.4 is 0 Å². The van der Waals surface area contributed by atoms with Crippen LogP contribution in [0.25, 0.3) is 0 Å². The van der Waals surface area contributed by atoms with Gasteiger partial charge in [-0.3, -0.25) is 0 Å². The number of nitrogens with zero attached hydrogens (tertiary/aromatic N) is 1. The molecule has 0 spiro atoms. The maximum atomic E-state index is 9.61. The predicted molar refractivity (Wildman–Crippen MR) is 70.1 cm³/mol. The number of carboxylic acids is 1. The van der Waals surface area contributed by atoms with Crippen molar-refractivity contribution in [3.05, 3.63) is 12.2 Å². The highest BCUT2D eigenvalue weighted by Crippen LogP contribution is 2.59. The highest BCUT2D eigenvalue weighted by molar-refractivity contribution is 5.90. The van der Waals surface area contributed by atoms with Crippen LogP contribution in [0.1, 0.15) is 38.5 Å². The van der Waals surface area contributed by atoms with Gasteiger partial charge in [-0.2, -0.15) is 5.26 Å². The van der Waals surface area contributed by atoms with Gasteiger partial charge in [-0.25, -0.2) is 4.79 Å². The Morgan fingerprint density at radius 2 is 1.63 bits per heavy atom. The fourth-order valence-electron chi connectivity index (χ4n) is 4.53. The van der Waals surface area contributed by atoms with E-state index in [4.69, 9.17) is 10.4 Å². The molecule has 4 fully saturated rings. The molecule has 4 aliphatic carbocycles. The molecule has 4 nitrogen and oxygen atoms in total. The number of hydrogen-bond donors (Lipinski definition) is 2. The van der Waals surface area contributed by atoms with Crippen molar-refractivity contribution >= 4 is 5.97 Å². The normalized spacial score (nSPS) is 38.0. The van der Waals surface area contributed by atoms with E-state index in [1.165, 1.54) is 44.6 Å². The Kier molecular flexibility index (Phi) is 3.96. The maximum absolute atomic E-state index is 9.61. The molecule has 0 atom stereocenters. The van der Waals surface area contributed by atoms with E-state index in [-0.39, 0.29) is 0 Å². The molecule has 4 bridgehead atoms. The number of aliphatic hydroxyl groups is 1. The summed E-state index contributed by atoms with van der Waals surface area (Å²) in [6.07, 6.45) is 8.48. The first kappa shape index (κ1) is 14.1. The highest BCUT2D eigenvalue weighted by Gasteiger charge is 2.50. The summed E-state index contributed by atoms with van der Waals surface area (Å²) in [5.74, 6) is 1.71. The lowest BCUT2D eigenvalue weighted by Gasteiger charge is -2.56. The summed E-state index contributed by atoms with van der Waals surface area (Å²) in [5.41, 5.74) is -0.0330. The zero-order chi connectivity index (χ0) is 14.0. The van der Waals surface area contributed by atoms with E-state index in [1.54, 1.807) is 0 Å². The van der Waals surface area contributed by atoms with Gasteiger partial charge in [-0.1, -0.05) is 6.58 Å². The molecule has 0 aromatic carbocycles. The van der Waals surface area contributed by atoms with Crippen molar-refractivity contribution in [2.45, 2.75) is 38.5 Å². The molecule has 4 rings (SSSR count). The predicted octanol–water partition coefficient (Wildman–Crippen LogP) is 2.35. The summed E-state index contributed by atoms with van der Waals surface area (Å²) >= 11 is 0. The minimum Gasteiger partial charge on any atom is -0.477 e. The molecule has 0 saturated heterocycles. The summed E-state index contributed by atoms with van der Waals surface area (Å²) in [5, 5.41) is 25.1. The number of aliphatic carboxylic acids is 1. The third-order valence-electron chi connectivity index (χ3n) is 4.89. The quantitative estimate of drug-likeness (QED) is 0.592. The second-order valence-electron chi connectivity index (χ2n) is 6.47. The summed E-state index contributed by atoms with van der Waals surface area (Å²) in [4.78, 5) is 9.61. The largest absolute Gasteiger partial charge is 0.477 e. The number of aliphatic hydroxyl groups excluding tert-OH is 1. The van der Waals surface area contributed by atoms with Crippen LogP contribution in [-0.2, 0) is 4.79 Å². The Hall–Kier alpha value is -1.34. The van der Waals surface area contributed by atoms with E-state index >= 15 is 0 Å². The van der Waals surface area contributed by atoms with Gasteiger partial charge in [0.25, 0.3) is 0 Å². The average molecular weight is 263 g/mol. The van der Waals surface area contributed by atoms with Crippen LogP contribution in [0.3, 0.4) is 0 Å². The van der Waals surface area contributed by atoms with Crippen molar-refractivity contribution < 1.29 is 15.0 Å². The Morgan fingerprint density at radius 3 is 1.84 bits per heavy atom. The van der Waals surface area contributed by atoms with Gasteiger partial charge in [-0.15, -0.1) is 0 Å². The van der Waals surface area contributed by atoms with E-state index in [0.29, 0.717) is 12.0 Å². The molecule has 4 saturated carbocycles. The molecule has 0 aromatic heterocycles. The molecule has 2 N–H and O–H groups in total. The molecular weight excluding hydrogens is 242 g/mol. The van der Waals surface area contributed by atoms with Gasteiger partial charge in [0, 0.05) is 6.61 Å². The Morgan fingerprint density at radius 1 is 1.21 bits per heavy atom. The first-order chi connectivity index (χ1) is 8.98. The molecule has 0 amide bonds. The van der Waals surface area contributed by atoms with Gasteiger partial charge < -0.3 is 10.2 Å². The third kappa shape index (κ3) is 2.98. The van der Waals surface area contributed by atoms with E-state index in [2.05, 4.69) is 6.58 Å². The van der Waals surface area contributed by atoms with Crippen LogP contribution in [0.5, 0.6) is 0 Å². The van der Waals surface area contributed by atoms with Gasteiger partial charge >= 0.3 is 5.97 Å². The van der Waals surface area contributed by atoms with E-state index < -0.39 is 11.5 Å². The first-order valence-corrected chi connectivity index (χ1v) is 6.91. The van der Waals surface area contributed by atoms with Crippen LogP contribution in [0.2, 0.25) is 0 Å². The minimum atomic E-state index is -1.26. The van der Waals surface area contributed by atoms with Crippen molar-refractivity contribution in [3.63, 3.8) is 0 Å². The molecule has 19 heavy (non-hydrogen) atoms. The standard InChI is InChI=1S/C11H18O.C4H3NO2/c12-7-11-4-8-1-9(5-11)3-10(2-8)6-11;1-3(2-5)4(6)7/h8-10,12H,1-7H2;1H2,(H,6,7). The van der Waals surface area contributed by atoms with Gasteiger partial charge in [0.05, 0.1) is 0 Å². The molecule has 0 radical (unpaired) electrons. The lowest BCUT2D eigenvalue weighted by Crippen LogP contribution is -2.47. The molecular formula is C15H21NO3. The number of carbonyl (C=O) groups is 1. The number of rotatable bonds is 2. The number of carboxylic acid groups (broad SMARTS) is 1.